The maximum atomic E-state index is 11.7. The summed E-state index contributed by atoms with van der Waals surface area (Å²) in [6.45, 7) is 0. The van der Waals surface area contributed by atoms with Gasteiger partial charge in [0.1, 0.15) is 9.75 Å². The third-order valence-electron chi connectivity index (χ3n) is 3.95. The number of hydrogen-bond donors (Lipinski definition) is 2. The first kappa shape index (κ1) is 16.9. The molecule has 0 saturated carbocycles. The van der Waals surface area contributed by atoms with Gasteiger partial charge in [-0.25, -0.2) is 9.59 Å². The summed E-state index contributed by atoms with van der Waals surface area (Å²) in [4.78, 5) is 23.5. The second-order valence-electron chi connectivity index (χ2n) is 5.65. The molecule has 0 unspecified atom stereocenters. The zero-order valence-electron chi connectivity index (χ0n) is 13.3. The van der Waals surface area contributed by atoms with Crippen molar-refractivity contribution in [2.24, 2.45) is 0 Å². The number of benzene rings is 2. The topological polar surface area (TPSA) is 74.6 Å². The first-order valence-electron chi connectivity index (χ1n) is 7.75. The Bertz CT molecular complexity index is 824. The molecule has 3 rings (SSSR count). The summed E-state index contributed by atoms with van der Waals surface area (Å²) in [5, 5.41) is 19.1. The van der Waals surface area contributed by atoms with Crippen LogP contribution in [0.3, 0.4) is 0 Å². The van der Waals surface area contributed by atoms with Crippen molar-refractivity contribution < 1.29 is 19.8 Å². The van der Waals surface area contributed by atoms with E-state index in [0.29, 0.717) is 24.0 Å². The summed E-state index contributed by atoms with van der Waals surface area (Å²) in [5.74, 6) is -2.17. The normalized spacial score (nSPS) is 10.6. The van der Waals surface area contributed by atoms with E-state index < -0.39 is 11.9 Å². The van der Waals surface area contributed by atoms with Crippen molar-refractivity contribution >= 4 is 23.3 Å². The Labute approximate surface area is 149 Å². The van der Waals surface area contributed by atoms with E-state index in [0.717, 1.165) is 22.5 Å². The lowest BCUT2D eigenvalue weighted by molar-refractivity contribution is 0.0691. The van der Waals surface area contributed by atoms with Crippen molar-refractivity contribution in [1.29, 1.82) is 0 Å². The third kappa shape index (κ3) is 3.78. The van der Waals surface area contributed by atoms with Crippen LogP contribution in [-0.2, 0) is 12.8 Å². The molecule has 4 nitrogen and oxygen atoms in total. The number of carboxylic acids is 2. The summed E-state index contributed by atoms with van der Waals surface area (Å²) in [6, 6.07) is 19.0. The van der Waals surface area contributed by atoms with Crippen molar-refractivity contribution in [2.75, 3.05) is 0 Å². The Morgan fingerprint density at radius 3 is 1.36 bits per heavy atom. The largest absolute Gasteiger partial charge is 0.477 e. The van der Waals surface area contributed by atoms with Gasteiger partial charge >= 0.3 is 11.9 Å². The molecule has 0 aliphatic rings. The summed E-state index contributed by atoms with van der Waals surface area (Å²) < 4.78 is 0. The highest BCUT2D eigenvalue weighted by atomic mass is 32.1. The fourth-order valence-electron chi connectivity index (χ4n) is 2.82. The molecule has 0 bridgehead atoms. The van der Waals surface area contributed by atoms with E-state index in [2.05, 4.69) is 0 Å². The minimum absolute atomic E-state index is 0.104. The predicted molar refractivity (Wildman–Crippen MR) is 96.7 cm³/mol. The molecule has 5 heteroatoms. The number of carbonyl (C=O) groups is 2. The molecule has 0 fully saturated rings. The lowest BCUT2D eigenvalue weighted by atomic mass is 9.95. The summed E-state index contributed by atoms with van der Waals surface area (Å²) >= 11 is 0.842. The molecule has 1 aromatic heterocycles. The standard InChI is InChI=1S/C20H16O4S/c21-19(22)17-15(11-13-7-3-1-4-8-13)16(18(25-17)20(23)24)12-14-9-5-2-6-10-14/h1-10H,11-12H2,(H,21,22)(H,23,24). The van der Waals surface area contributed by atoms with Crippen molar-refractivity contribution in [3.63, 3.8) is 0 Å². The summed E-state index contributed by atoms with van der Waals surface area (Å²) in [7, 11) is 0. The minimum Gasteiger partial charge on any atom is -0.477 e. The number of hydrogen-bond acceptors (Lipinski definition) is 3. The highest BCUT2D eigenvalue weighted by Gasteiger charge is 2.26. The van der Waals surface area contributed by atoms with Gasteiger partial charge in [0.15, 0.2) is 0 Å². The van der Waals surface area contributed by atoms with Gasteiger partial charge in [-0.2, -0.15) is 0 Å². The lowest BCUT2D eigenvalue weighted by Crippen LogP contribution is -2.04. The molecular weight excluding hydrogens is 336 g/mol. The molecule has 2 aromatic carbocycles. The van der Waals surface area contributed by atoms with E-state index in [9.17, 15) is 19.8 Å². The smallest absolute Gasteiger partial charge is 0.346 e. The zero-order chi connectivity index (χ0) is 17.8. The average Bonchev–Trinajstić information content (AvgIpc) is 2.95. The molecule has 2 N–H and O–H groups in total. The number of aromatic carboxylic acids is 2. The van der Waals surface area contributed by atoms with E-state index in [-0.39, 0.29) is 9.75 Å². The molecule has 126 valence electrons. The minimum atomic E-state index is -1.09. The Morgan fingerprint density at radius 2 is 1.04 bits per heavy atom. The van der Waals surface area contributed by atoms with Crippen molar-refractivity contribution in [2.45, 2.75) is 12.8 Å². The van der Waals surface area contributed by atoms with Gasteiger partial charge < -0.3 is 10.2 Å². The van der Waals surface area contributed by atoms with E-state index in [4.69, 9.17) is 0 Å². The van der Waals surface area contributed by atoms with Crippen molar-refractivity contribution in [3.05, 3.63) is 92.7 Å². The van der Waals surface area contributed by atoms with Gasteiger partial charge in [0, 0.05) is 0 Å². The SMILES string of the molecule is O=C(O)c1sc(C(=O)O)c(Cc2ccccc2)c1Cc1ccccc1. The molecule has 0 aliphatic carbocycles. The molecule has 0 atom stereocenters. The highest BCUT2D eigenvalue weighted by Crippen LogP contribution is 2.32. The van der Waals surface area contributed by atoms with Crippen molar-refractivity contribution in [1.82, 2.24) is 0 Å². The Kier molecular flexibility index (Phi) is 4.95. The van der Waals surface area contributed by atoms with E-state index >= 15 is 0 Å². The van der Waals surface area contributed by atoms with Crippen LogP contribution in [0.1, 0.15) is 41.6 Å². The number of rotatable bonds is 6. The molecule has 0 amide bonds. The monoisotopic (exact) mass is 352 g/mol. The van der Waals surface area contributed by atoms with E-state index in [1.54, 1.807) is 0 Å². The third-order valence-corrected chi connectivity index (χ3v) is 5.20. The lowest BCUT2D eigenvalue weighted by Gasteiger charge is -2.08. The van der Waals surface area contributed by atoms with Gasteiger partial charge in [-0.15, -0.1) is 11.3 Å². The first-order chi connectivity index (χ1) is 12.1. The predicted octanol–water partition coefficient (Wildman–Crippen LogP) is 4.33. The van der Waals surface area contributed by atoms with Gasteiger partial charge in [-0.05, 0) is 35.1 Å². The van der Waals surface area contributed by atoms with Crippen LogP contribution in [0.2, 0.25) is 0 Å². The molecule has 1 heterocycles. The fraction of sp³-hybridized carbons (Fsp3) is 0.100. The summed E-state index contributed by atoms with van der Waals surface area (Å²) in [5.41, 5.74) is 3.08. The molecule has 0 aliphatic heterocycles. The zero-order valence-corrected chi connectivity index (χ0v) is 14.1. The van der Waals surface area contributed by atoms with Crippen LogP contribution in [0.25, 0.3) is 0 Å². The fourth-order valence-corrected chi connectivity index (χ4v) is 3.83. The van der Waals surface area contributed by atoms with Gasteiger partial charge in [-0.1, -0.05) is 60.7 Å². The molecule has 25 heavy (non-hydrogen) atoms. The number of carboxylic acid groups (broad SMARTS) is 2. The van der Waals surface area contributed by atoms with Crippen LogP contribution >= 0.6 is 11.3 Å². The molecule has 3 aromatic rings. The van der Waals surface area contributed by atoms with Crippen LogP contribution in [0.5, 0.6) is 0 Å². The Morgan fingerprint density at radius 1 is 0.680 bits per heavy atom. The first-order valence-corrected chi connectivity index (χ1v) is 8.57. The number of thiophene rings is 1. The van der Waals surface area contributed by atoms with Crippen molar-refractivity contribution in [3.8, 4) is 0 Å². The molecule has 0 saturated heterocycles. The Balaban J connectivity index is 2.12. The second kappa shape index (κ2) is 7.32. The van der Waals surface area contributed by atoms with Gasteiger partial charge in [-0.3, -0.25) is 0 Å². The maximum Gasteiger partial charge on any atom is 0.346 e. The van der Waals surface area contributed by atoms with Gasteiger partial charge in [0.25, 0.3) is 0 Å². The van der Waals surface area contributed by atoms with Gasteiger partial charge in [0.05, 0.1) is 0 Å². The maximum absolute atomic E-state index is 11.7. The van der Waals surface area contributed by atoms with Crippen LogP contribution in [0.4, 0.5) is 0 Å². The van der Waals surface area contributed by atoms with Crippen LogP contribution < -0.4 is 0 Å². The van der Waals surface area contributed by atoms with Gasteiger partial charge in [0.2, 0.25) is 0 Å². The molecule has 0 spiro atoms. The molecule has 0 radical (unpaired) electrons. The quantitative estimate of drug-likeness (QED) is 0.692. The Hall–Kier alpha value is -2.92. The van der Waals surface area contributed by atoms with E-state index in [1.807, 2.05) is 60.7 Å². The molecular formula is C20H16O4S. The summed E-state index contributed by atoms with van der Waals surface area (Å²) in [6.07, 6.45) is 0.794. The van der Waals surface area contributed by atoms with Crippen LogP contribution in [0.15, 0.2) is 60.7 Å². The van der Waals surface area contributed by atoms with E-state index in [1.165, 1.54) is 0 Å². The second-order valence-corrected chi connectivity index (χ2v) is 6.67. The average molecular weight is 352 g/mol. The van der Waals surface area contributed by atoms with Crippen LogP contribution in [-0.4, -0.2) is 22.2 Å². The highest BCUT2D eigenvalue weighted by molar-refractivity contribution is 7.16. The van der Waals surface area contributed by atoms with Crippen LogP contribution in [0, 0.1) is 0 Å².